The van der Waals surface area contributed by atoms with E-state index in [9.17, 15) is 17.9 Å². The number of nitrogens with zero attached hydrogens (tertiary/aromatic N) is 1. The van der Waals surface area contributed by atoms with Crippen molar-refractivity contribution in [3.05, 3.63) is 29.6 Å². The van der Waals surface area contributed by atoms with Crippen LogP contribution in [0.3, 0.4) is 0 Å². The highest BCUT2D eigenvalue weighted by atomic mass is 32.2. The Bertz CT molecular complexity index is 588. The average Bonchev–Trinajstić information content (AvgIpc) is 2.26. The third-order valence-corrected chi connectivity index (χ3v) is 4.50. The van der Waals surface area contributed by atoms with Gasteiger partial charge >= 0.3 is 0 Å². The summed E-state index contributed by atoms with van der Waals surface area (Å²) in [5.74, 6) is -0.793. The highest BCUT2D eigenvalue weighted by molar-refractivity contribution is 7.89. The first-order valence-corrected chi connectivity index (χ1v) is 7.25. The SMILES string of the molecule is CC(O)CN(C)S(=O)(=O)c1cccc(F)c1C(N)=S. The lowest BCUT2D eigenvalue weighted by atomic mass is 10.2. The average molecular weight is 306 g/mol. The van der Waals surface area contributed by atoms with E-state index < -0.39 is 21.9 Å². The number of rotatable bonds is 5. The molecule has 0 fully saturated rings. The van der Waals surface area contributed by atoms with Crippen LogP contribution in [0.25, 0.3) is 0 Å². The van der Waals surface area contributed by atoms with Crippen LogP contribution in [0.1, 0.15) is 12.5 Å². The van der Waals surface area contributed by atoms with E-state index in [1.54, 1.807) is 0 Å². The quantitative estimate of drug-likeness (QED) is 0.772. The normalized spacial score (nSPS) is 13.5. The summed E-state index contributed by atoms with van der Waals surface area (Å²) in [4.78, 5) is -0.634. The Morgan fingerprint density at radius 3 is 2.63 bits per heavy atom. The van der Waals surface area contributed by atoms with Gasteiger partial charge in [0.15, 0.2) is 0 Å². The molecule has 0 saturated carbocycles. The van der Waals surface area contributed by atoms with Gasteiger partial charge in [0.2, 0.25) is 10.0 Å². The number of halogens is 1. The molecule has 0 radical (unpaired) electrons. The minimum Gasteiger partial charge on any atom is -0.392 e. The standard InChI is InChI=1S/C11H15FN2O3S2/c1-7(15)6-14(2)19(16,17)9-5-3-4-8(12)10(9)11(13)18/h3-5,7,15H,6H2,1-2H3,(H2,13,18). The van der Waals surface area contributed by atoms with Gasteiger partial charge in [-0.25, -0.2) is 12.8 Å². The molecule has 3 N–H and O–H groups in total. The van der Waals surface area contributed by atoms with E-state index in [-0.39, 0.29) is 22.0 Å². The summed E-state index contributed by atoms with van der Waals surface area (Å²) in [5, 5.41) is 9.24. The van der Waals surface area contributed by atoms with Gasteiger partial charge in [-0.05, 0) is 19.1 Å². The van der Waals surface area contributed by atoms with Gasteiger partial charge in [0.1, 0.15) is 10.8 Å². The molecule has 0 aliphatic heterocycles. The number of thiocarbonyl (C=S) groups is 1. The smallest absolute Gasteiger partial charge is 0.243 e. The second-order valence-corrected chi connectivity index (χ2v) is 6.56. The third-order valence-electron chi connectivity index (χ3n) is 2.43. The van der Waals surface area contributed by atoms with Crippen molar-refractivity contribution in [2.24, 2.45) is 5.73 Å². The van der Waals surface area contributed by atoms with Gasteiger partial charge in [-0.1, -0.05) is 18.3 Å². The lowest BCUT2D eigenvalue weighted by Gasteiger charge is -2.20. The Kier molecular flexibility index (Phi) is 4.97. The lowest BCUT2D eigenvalue weighted by Crippen LogP contribution is -2.34. The van der Waals surface area contributed by atoms with Gasteiger partial charge in [0, 0.05) is 13.6 Å². The van der Waals surface area contributed by atoms with Crippen molar-refractivity contribution >= 4 is 27.2 Å². The van der Waals surface area contributed by atoms with Gasteiger partial charge in [-0.3, -0.25) is 0 Å². The zero-order valence-corrected chi connectivity index (χ0v) is 12.1. The minimum atomic E-state index is -3.97. The molecule has 1 aromatic rings. The molecule has 0 heterocycles. The summed E-state index contributed by atoms with van der Waals surface area (Å²) >= 11 is 4.69. The Labute approximate surface area is 116 Å². The van der Waals surface area contributed by atoms with E-state index in [2.05, 4.69) is 12.2 Å². The van der Waals surface area contributed by atoms with Crippen LogP contribution in [-0.2, 0) is 10.0 Å². The molecular weight excluding hydrogens is 291 g/mol. The summed E-state index contributed by atoms with van der Waals surface area (Å²) in [6.45, 7) is 1.34. The molecule has 1 aromatic carbocycles. The number of benzene rings is 1. The van der Waals surface area contributed by atoms with Gasteiger partial charge in [0.05, 0.1) is 16.6 Å². The molecular formula is C11H15FN2O3S2. The van der Waals surface area contributed by atoms with Crippen molar-refractivity contribution in [1.29, 1.82) is 0 Å². The molecule has 106 valence electrons. The molecule has 0 aromatic heterocycles. The van der Waals surface area contributed by atoms with Crippen molar-refractivity contribution < 1.29 is 17.9 Å². The highest BCUT2D eigenvalue weighted by Crippen LogP contribution is 2.22. The Hall–Kier alpha value is -1.09. The number of hydrogen-bond donors (Lipinski definition) is 2. The van der Waals surface area contributed by atoms with Crippen LogP contribution < -0.4 is 5.73 Å². The van der Waals surface area contributed by atoms with Crippen LogP contribution >= 0.6 is 12.2 Å². The van der Waals surface area contributed by atoms with E-state index in [1.165, 1.54) is 26.1 Å². The third kappa shape index (κ3) is 3.47. The summed E-state index contributed by atoms with van der Waals surface area (Å²) < 4.78 is 39.1. The molecule has 1 unspecified atom stereocenters. The van der Waals surface area contributed by atoms with Gasteiger partial charge in [0.25, 0.3) is 0 Å². The molecule has 0 amide bonds. The monoisotopic (exact) mass is 306 g/mol. The van der Waals surface area contributed by atoms with Crippen LogP contribution in [0.5, 0.6) is 0 Å². The van der Waals surface area contributed by atoms with Crippen molar-refractivity contribution in [3.63, 3.8) is 0 Å². The van der Waals surface area contributed by atoms with Crippen molar-refractivity contribution in [2.45, 2.75) is 17.9 Å². The fourth-order valence-corrected chi connectivity index (χ4v) is 3.33. The summed E-state index contributed by atoms with van der Waals surface area (Å²) in [6.07, 6.45) is -0.846. The zero-order chi connectivity index (χ0) is 14.8. The molecule has 0 aliphatic carbocycles. The molecule has 1 atom stereocenters. The zero-order valence-electron chi connectivity index (χ0n) is 10.5. The van der Waals surface area contributed by atoms with E-state index in [0.717, 1.165) is 10.4 Å². The molecule has 5 nitrogen and oxygen atoms in total. The number of likely N-dealkylation sites (N-methyl/N-ethyl adjacent to an activating group) is 1. The Balaban J connectivity index is 3.37. The first kappa shape index (κ1) is 16.0. The number of nitrogens with two attached hydrogens (primary N) is 1. The van der Waals surface area contributed by atoms with Gasteiger partial charge < -0.3 is 10.8 Å². The Morgan fingerprint density at radius 2 is 2.16 bits per heavy atom. The maximum Gasteiger partial charge on any atom is 0.243 e. The molecule has 0 aliphatic rings. The van der Waals surface area contributed by atoms with Crippen molar-refractivity contribution in [3.8, 4) is 0 Å². The second-order valence-electron chi connectivity index (χ2n) is 4.11. The molecule has 19 heavy (non-hydrogen) atoms. The number of sulfonamides is 1. The largest absolute Gasteiger partial charge is 0.392 e. The fraction of sp³-hybridized carbons (Fsp3) is 0.364. The maximum atomic E-state index is 13.7. The van der Waals surface area contributed by atoms with Gasteiger partial charge in [-0.15, -0.1) is 0 Å². The van der Waals surface area contributed by atoms with E-state index >= 15 is 0 Å². The summed E-state index contributed by atoms with van der Waals surface area (Å²) in [7, 11) is -2.68. The molecule has 8 heteroatoms. The summed E-state index contributed by atoms with van der Waals surface area (Å²) in [6, 6.07) is 3.58. The van der Waals surface area contributed by atoms with Crippen LogP contribution in [0.4, 0.5) is 4.39 Å². The maximum absolute atomic E-state index is 13.7. The number of aliphatic hydroxyl groups excluding tert-OH is 1. The topological polar surface area (TPSA) is 83.6 Å². The van der Waals surface area contributed by atoms with Crippen molar-refractivity contribution in [1.82, 2.24) is 4.31 Å². The van der Waals surface area contributed by atoms with Gasteiger partial charge in [-0.2, -0.15) is 4.31 Å². The highest BCUT2D eigenvalue weighted by Gasteiger charge is 2.27. The first-order chi connectivity index (χ1) is 8.67. The molecule has 0 bridgehead atoms. The number of hydrogen-bond acceptors (Lipinski definition) is 4. The predicted molar refractivity (Wildman–Crippen MR) is 73.8 cm³/mol. The molecule has 0 saturated heterocycles. The summed E-state index contributed by atoms with van der Waals surface area (Å²) in [5.41, 5.74) is 5.06. The van der Waals surface area contributed by atoms with Crippen LogP contribution in [0.15, 0.2) is 23.1 Å². The Morgan fingerprint density at radius 1 is 1.58 bits per heavy atom. The predicted octanol–water partition coefficient (Wildman–Crippen LogP) is 0.461. The van der Waals surface area contributed by atoms with Crippen molar-refractivity contribution in [2.75, 3.05) is 13.6 Å². The lowest BCUT2D eigenvalue weighted by molar-refractivity contribution is 0.171. The minimum absolute atomic E-state index is 0.115. The molecule has 0 spiro atoms. The molecule has 1 rings (SSSR count). The first-order valence-electron chi connectivity index (χ1n) is 5.40. The second kappa shape index (κ2) is 5.91. The van der Waals surface area contributed by atoms with E-state index in [4.69, 9.17) is 5.73 Å². The van der Waals surface area contributed by atoms with E-state index in [1.807, 2.05) is 0 Å². The number of aliphatic hydroxyl groups is 1. The van der Waals surface area contributed by atoms with Crippen LogP contribution in [0.2, 0.25) is 0 Å². The van der Waals surface area contributed by atoms with E-state index in [0.29, 0.717) is 0 Å². The fourth-order valence-electron chi connectivity index (χ4n) is 1.60. The van der Waals surface area contributed by atoms with Crippen LogP contribution in [0, 0.1) is 5.82 Å². The van der Waals surface area contributed by atoms with Crippen LogP contribution in [-0.4, -0.2) is 42.5 Å².